The summed E-state index contributed by atoms with van der Waals surface area (Å²) in [6.07, 6.45) is 8.44. The Morgan fingerprint density at radius 2 is 1.85 bits per heavy atom. The fraction of sp³-hybridized carbons (Fsp3) is 0.472. The minimum atomic E-state index is -0.829. The van der Waals surface area contributed by atoms with Crippen LogP contribution in [0.2, 0.25) is 0 Å². The predicted octanol–water partition coefficient (Wildman–Crippen LogP) is 5.46. The van der Waals surface area contributed by atoms with E-state index < -0.39 is 23.7 Å². The van der Waals surface area contributed by atoms with Crippen molar-refractivity contribution in [3.63, 3.8) is 0 Å². The Morgan fingerprint density at radius 1 is 1.08 bits per heavy atom. The molecule has 2 aromatic carbocycles. The van der Waals surface area contributed by atoms with E-state index in [1.54, 1.807) is 6.92 Å². The lowest BCUT2D eigenvalue weighted by molar-refractivity contribution is 0.000320. The fourth-order valence-corrected chi connectivity index (χ4v) is 7.74. The minimum absolute atomic E-state index is 0.0509. The highest BCUT2D eigenvalue weighted by Gasteiger charge is 2.40. The first-order valence-corrected chi connectivity index (χ1v) is 16.5. The Hall–Kier alpha value is -4.34. The van der Waals surface area contributed by atoms with Crippen molar-refractivity contribution >= 4 is 27.5 Å². The van der Waals surface area contributed by atoms with Crippen molar-refractivity contribution in [2.45, 2.75) is 45.2 Å². The normalized spacial score (nSPS) is 24.3. The summed E-state index contributed by atoms with van der Waals surface area (Å²) in [5.74, 6) is 1.02. The summed E-state index contributed by atoms with van der Waals surface area (Å²) in [5, 5.41) is 15.2. The third-order valence-electron chi connectivity index (χ3n) is 10.2. The van der Waals surface area contributed by atoms with Crippen LogP contribution in [-0.2, 0) is 0 Å². The lowest BCUT2D eigenvalue weighted by Crippen LogP contribution is -2.51. The molecule has 48 heavy (non-hydrogen) atoms. The standard InChI is InChI=1S/C36H39F3N6O3/c1-5-25-27(38)10-7-20-13-24(46)14-26(28(20)25)31-30(39)32-29(34(41-31)47-6-2)33(45-16-22-8-9-23(17-45)40-22)43-35(42-32)48-19-36(3)18-44(4)12-11-21(36)15-37/h1,7,10,13-14,21-23,40,46H,6,8-9,11-12,15-19H2,2-4H3/t21-,22-,23+,36+/m1/s1. The van der Waals surface area contributed by atoms with E-state index in [1.165, 1.54) is 24.3 Å². The smallest absolute Gasteiger partial charge is 0.319 e. The molecule has 0 amide bonds. The Kier molecular flexibility index (Phi) is 8.46. The number of pyridine rings is 1. The van der Waals surface area contributed by atoms with Gasteiger partial charge in [0, 0.05) is 48.1 Å². The average Bonchev–Trinajstić information content (AvgIpc) is 3.41. The molecule has 3 fully saturated rings. The SMILES string of the molecule is C#Cc1c(F)ccc2cc(O)cc(-c3nc(OCC)c4c(N5C[C@H]6CC[C@@H](C5)N6)nc(OC[C@]5(C)CN(C)CC[C@@H]5CF)nc4c3F)c12. The lowest BCUT2D eigenvalue weighted by Gasteiger charge is -2.43. The second kappa shape index (κ2) is 12.6. The van der Waals surface area contributed by atoms with Crippen LogP contribution in [0.1, 0.15) is 38.7 Å². The number of likely N-dealkylation sites (tertiary alicyclic amines) is 1. The number of piperazine rings is 1. The number of benzene rings is 2. The molecule has 2 aromatic heterocycles. The molecule has 252 valence electrons. The molecular formula is C36H39F3N6O3. The summed E-state index contributed by atoms with van der Waals surface area (Å²) in [5.41, 5.74) is -0.841. The van der Waals surface area contributed by atoms with Crippen molar-refractivity contribution in [3.8, 4) is 41.2 Å². The number of phenols is 1. The molecule has 0 spiro atoms. The highest BCUT2D eigenvalue weighted by molar-refractivity contribution is 6.04. The van der Waals surface area contributed by atoms with Gasteiger partial charge in [-0.15, -0.1) is 6.42 Å². The Labute approximate surface area is 277 Å². The van der Waals surface area contributed by atoms with Crippen molar-refractivity contribution in [1.29, 1.82) is 0 Å². The summed E-state index contributed by atoms with van der Waals surface area (Å²) in [6.45, 7) is 6.33. The minimum Gasteiger partial charge on any atom is -0.508 e. The number of aromatic nitrogens is 3. The van der Waals surface area contributed by atoms with Gasteiger partial charge in [0.15, 0.2) is 5.82 Å². The molecule has 9 nitrogen and oxygen atoms in total. The van der Waals surface area contributed by atoms with Gasteiger partial charge in [0.05, 0.1) is 25.5 Å². The molecule has 0 radical (unpaired) electrons. The van der Waals surface area contributed by atoms with E-state index >= 15 is 4.39 Å². The van der Waals surface area contributed by atoms with Gasteiger partial charge in [0.1, 0.15) is 34.0 Å². The largest absolute Gasteiger partial charge is 0.508 e. The number of alkyl halides is 1. The van der Waals surface area contributed by atoms with Gasteiger partial charge in [-0.2, -0.15) is 9.97 Å². The number of terminal acetylenes is 1. The van der Waals surface area contributed by atoms with Gasteiger partial charge < -0.3 is 29.7 Å². The molecule has 0 saturated carbocycles. The molecule has 3 aliphatic heterocycles. The molecule has 2 N–H and O–H groups in total. The summed E-state index contributed by atoms with van der Waals surface area (Å²) >= 11 is 0. The summed E-state index contributed by atoms with van der Waals surface area (Å²) < 4.78 is 58.6. The molecule has 4 atom stereocenters. The maximum Gasteiger partial charge on any atom is 0.319 e. The third kappa shape index (κ3) is 5.62. The number of phenolic OH excluding ortho intramolecular Hbond substituents is 1. The second-order valence-corrected chi connectivity index (χ2v) is 13.6. The van der Waals surface area contributed by atoms with E-state index in [2.05, 4.69) is 31.0 Å². The van der Waals surface area contributed by atoms with Crippen LogP contribution >= 0.6 is 0 Å². The van der Waals surface area contributed by atoms with Gasteiger partial charge in [-0.3, -0.25) is 4.39 Å². The number of halogens is 3. The van der Waals surface area contributed by atoms with Crippen LogP contribution in [0.4, 0.5) is 19.0 Å². The number of nitrogens with zero attached hydrogens (tertiary/aromatic N) is 5. The van der Waals surface area contributed by atoms with Gasteiger partial charge in [-0.1, -0.05) is 18.9 Å². The molecule has 5 heterocycles. The van der Waals surface area contributed by atoms with Crippen molar-refractivity contribution in [3.05, 3.63) is 41.5 Å². The van der Waals surface area contributed by atoms with Gasteiger partial charge in [-0.25, -0.2) is 13.8 Å². The number of piperidine rings is 1. The third-order valence-corrected chi connectivity index (χ3v) is 10.2. The van der Waals surface area contributed by atoms with E-state index in [-0.39, 0.29) is 82.0 Å². The molecule has 7 rings (SSSR count). The van der Waals surface area contributed by atoms with Crippen LogP contribution in [0.15, 0.2) is 24.3 Å². The van der Waals surface area contributed by atoms with Gasteiger partial charge >= 0.3 is 6.01 Å². The number of fused-ring (bicyclic) bond motifs is 4. The Morgan fingerprint density at radius 3 is 2.56 bits per heavy atom. The summed E-state index contributed by atoms with van der Waals surface area (Å²) in [6, 6.07) is 5.84. The molecule has 3 saturated heterocycles. The zero-order chi connectivity index (χ0) is 33.7. The maximum absolute atomic E-state index is 17.1. The first kappa shape index (κ1) is 32.2. The Balaban J connectivity index is 1.44. The molecule has 2 bridgehead atoms. The van der Waals surface area contributed by atoms with Crippen LogP contribution in [0, 0.1) is 35.3 Å². The van der Waals surface area contributed by atoms with E-state index in [4.69, 9.17) is 20.9 Å². The van der Waals surface area contributed by atoms with Crippen LogP contribution < -0.4 is 19.7 Å². The Bertz CT molecular complexity index is 1920. The number of aromatic hydroxyl groups is 1. The van der Waals surface area contributed by atoms with Crippen molar-refractivity contribution in [2.75, 3.05) is 58.0 Å². The highest BCUT2D eigenvalue weighted by Crippen LogP contribution is 2.43. The van der Waals surface area contributed by atoms with E-state index in [9.17, 15) is 13.9 Å². The van der Waals surface area contributed by atoms with Crippen LogP contribution in [0.3, 0.4) is 0 Å². The van der Waals surface area contributed by atoms with E-state index in [1.807, 2.05) is 14.0 Å². The summed E-state index contributed by atoms with van der Waals surface area (Å²) in [4.78, 5) is 18.3. The number of nitrogens with one attached hydrogen (secondary N) is 1. The quantitative estimate of drug-likeness (QED) is 0.239. The van der Waals surface area contributed by atoms with Gasteiger partial charge in [-0.05, 0) is 69.3 Å². The zero-order valence-electron chi connectivity index (χ0n) is 27.3. The monoisotopic (exact) mass is 660 g/mol. The molecule has 3 aliphatic rings. The van der Waals surface area contributed by atoms with Crippen LogP contribution in [-0.4, -0.2) is 90.2 Å². The molecule has 0 aliphatic carbocycles. The molecule has 0 unspecified atom stereocenters. The van der Waals surface area contributed by atoms with Crippen LogP contribution in [0.25, 0.3) is 32.9 Å². The van der Waals surface area contributed by atoms with Crippen molar-refractivity contribution in [2.24, 2.45) is 11.3 Å². The first-order valence-electron chi connectivity index (χ1n) is 16.5. The molecular weight excluding hydrogens is 621 g/mol. The van der Waals surface area contributed by atoms with Gasteiger partial charge in [0.25, 0.3) is 0 Å². The fourth-order valence-electron chi connectivity index (χ4n) is 7.74. The highest BCUT2D eigenvalue weighted by atomic mass is 19.1. The number of anilines is 1. The van der Waals surface area contributed by atoms with E-state index in [0.717, 1.165) is 19.4 Å². The maximum atomic E-state index is 17.1. The number of rotatable bonds is 8. The number of ether oxygens (including phenoxy) is 2. The lowest BCUT2D eigenvalue weighted by atomic mass is 9.73. The van der Waals surface area contributed by atoms with Crippen molar-refractivity contribution < 1.29 is 27.8 Å². The topological polar surface area (TPSA) is 95.9 Å². The zero-order valence-corrected chi connectivity index (χ0v) is 27.3. The molecule has 4 aromatic rings. The van der Waals surface area contributed by atoms with Gasteiger partial charge in [0.2, 0.25) is 5.88 Å². The predicted molar refractivity (Wildman–Crippen MR) is 178 cm³/mol. The molecule has 12 heteroatoms. The number of hydrogen-bond acceptors (Lipinski definition) is 9. The number of hydrogen-bond donors (Lipinski definition) is 2. The second-order valence-electron chi connectivity index (χ2n) is 13.6. The average molecular weight is 661 g/mol. The van der Waals surface area contributed by atoms with E-state index in [0.29, 0.717) is 37.3 Å². The van der Waals surface area contributed by atoms with Crippen LogP contribution in [0.5, 0.6) is 17.6 Å². The first-order chi connectivity index (χ1) is 23.1. The summed E-state index contributed by atoms with van der Waals surface area (Å²) in [7, 11) is 2.00. The van der Waals surface area contributed by atoms with Crippen molar-refractivity contribution in [1.82, 2.24) is 25.2 Å².